The summed E-state index contributed by atoms with van der Waals surface area (Å²) in [5.41, 5.74) is 1.02. The molecule has 0 spiro atoms. The molecule has 0 amide bonds. The Morgan fingerprint density at radius 3 is 2.61 bits per heavy atom. The molecule has 2 rings (SSSR count). The fourth-order valence-electron chi connectivity index (χ4n) is 2.07. The number of hydrogen-bond donors (Lipinski definition) is 1. The molecule has 18 heavy (non-hydrogen) atoms. The number of carbonyl (C=O) groups is 1. The van der Waals surface area contributed by atoms with E-state index in [9.17, 15) is 4.79 Å². The maximum Gasteiger partial charge on any atom is 0.306 e. The number of nitrogens with zero attached hydrogens (tertiary/aromatic N) is 3. The molecule has 0 aliphatic carbocycles. The third kappa shape index (κ3) is 2.44. The largest absolute Gasteiger partial charge is 0.481 e. The molecule has 0 saturated carbocycles. The Bertz CT molecular complexity index is 442. The summed E-state index contributed by atoms with van der Waals surface area (Å²) in [6.07, 6.45) is 1.58. The van der Waals surface area contributed by atoms with E-state index in [1.807, 2.05) is 6.07 Å². The van der Waals surface area contributed by atoms with Crippen LogP contribution in [-0.4, -0.2) is 34.1 Å². The van der Waals surface area contributed by atoms with Gasteiger partial charge in [0.25, 0.3) is 0 Å². The first kappa shape index (κ1) is 12.8. The maximum atomic E-state index is 10.9. The van der Waals surface area contributed by atoms with E-state index >= 15 is 0 Å². The van der Waals surface area contributed by atoms with Gasteiger partial charge in [-0.3, -0.25) is 4.79 Å². The number of rotatable bonds is 4. The monoisotopic (exact) mass is 249 g/mol. The first-order chi connectivity index (χ1) is 8.49. The van der Waals surface area contributed by atoms with Crippen LogP contribution in [0.5, 0.6) is 0 Å². The average molecular weight is 249 g/mol. The van der Waals surface area contributed by atoms with Crippen molar-refractivity contribution in [2.45, 2.75) is 26.7 Å². The van der Waals surface area contributed by atoms with E-state index in [2.05, 4.69) is 28.7 Å². The lowest BCUT2D eigenvalue weighted by Crippen LogP contribution is -2.51. The van der Waals surface area contributed by atoms with Crippen molar-refractivity contribution in [1.29, 1.82) is 0 Å². The molecule has 1 unspecified atom stereocenters. The van der Waals surface area contributed by atoms with Gasteiger partial charge in [0, 0.05) is 30.8 Å². The molecule has 0 bridgehead atoms. The lowest BCUT2D eigenvalue weighted by Gasteiger charge is -2.42. The number of carboxylic acid groups (broad SMARTS) is 1. The molecule has 98 valence electrons. The quantitative estimate of drug-likeness (QED) is 0.880. The van der Waals surface area contributed by atoms with E-state index in [0.29, 0.717) is 5.92 Å². The number of aliphatic carboxylic acids is 1. The van der Waals surface area contributed by atoms with Crippen LogP contribution in [0.4, 0.5) is 5.82 Å². The van der Waals surface area contributed by atoms with Gasteiger partial charge in [0.2, 0.25) is 0 Å². The van der Waals surface area contributed by atoms with Crippen LogP contribution < -0.4 is 4.90 Å². The third-order valence-corrected chi connectivity index (χ3v) is 3.60. The molecule has 1 saturated heterocycles. The van der Waals surface area contributed by atoms with Gasteiger partial charge in [0.1, 0.15) is 12.1 Å². The minimum atomic E-state index is -0.717. The standard InChI is InChI=1S/C13H19N3O2/c1-8(2)11-4-12(15-7-14-11)16-5-10(6-16)9(3)13(17)18/h4,7-10H,5-6H2,1-3H3,(H,17,18). The SMILES string of the molecule is CC(C)c1cc(N2CC(C(C)C(=O)O)C2)ncn1. The predicted molar refractivity (Wildman–Crippen MR) is 68.6 cm³/mol. The summed E-state index contributed by atoms with van der Waals surface area (Å²) in [5, 5.41) is 8.95. The van der Waals surface area contributed by atoms with Crippen LogP contribution in [0.1, 0.15) is 32.4 Å². The molecule has 1 atom stereocenters. The van der Waals surface area contributed by atoms with Gasteiger partial charge in [-0.15, -0.1) is 0 Å². The second-order valence-corrected chi connectivity index (χ2v) is 5.25. The Morgan fingerprint density at radius 1 is 1.39 bits per heavy atom. The molecule has 1 aliphatic heterocycles. The van der Waals surface area contributed by atoms with Crippen molar-refractivity contribution in [3.8, 4) is 0 Å². The van der Waals surface area contributed by atoms with Crippen molar-refractivity contribution in [2.24, 2.45) is 11.8 Å². The van der Waals surface area contributed by atoms with Crippen molar-refractivity contribution >= 4 is 11.8 Å². The molecule has 1 aromatic heterocycles. The Morgan fingerprint density at radius 2 is 2.06 bits per heavy atom. The van der Waals surface area contributed by atoms with E-state index in [0.717, 1.165) is 24.6 Å². The van der Waals surface area contributed by atoms with Crippen LogP contribution in [-0.2, 0) is 4.79 Å². The molecular weight excluding hydrogens is 230 g/mol. The topological polar surface area (TPSA) is 66.3 Å². The lowest BCUT2D eigenvalue weighted by molar-refractivity contribution is -0.143. The van der Waals surface area contributed by atoms with Gasteiger partial charge in [-0.1, -0.05) is 20.8 Å². The summed E-state index contributed by atoms with van der Waals surface area (Å²) in [6.45, 7) is 7.49. The molecule has 1 aromatic rings. The van der Waals surface area contributed by atoms with E-state index in [4.69, 9.17) is 5.11 Å². The predicted octanol–water partition coefficient (Wildman–Crippen LogP) is 1.76. The fraction of sp³-hybridized carbons (Fsp3) is 0.615. The molecule has 0 radical (unpaired) electrons. The minimum Gasteiger partial charge on any atom is -0.481 e. The van der Waals surface area contributed by atoms with E-state index in [1.54, 1.807) is 13.3 Å². The second kappa shape index (κ2) is 4.92. The van der Waals surface area contributed by atoms with Crippen LogP contribution in [0, 0.1) is 11.8 Å². The smallest absolute Gasteiger partial charge is 0.306 e. The summed E-state index contributed by atoms with van der Waals surface area (Å²) in [6, 6.07) is 1.99. The van der Waals surface area contributed by atoms with Crippen molar-refractivity contribution in [3.63, 3.8) is 0 Å². The summed E-state index contributed by atoms with van der Waals surface area (Å²) in [5.74, 6) is 0.502. The first-order valence-corrected chi connectivity index (χ1v) is 6.28. The molecule has 5 nitrogen and oxygen atoms in total. The first-order valence-electron chi connectivity index (χ1n) is 6.28. The number of anilines is 1. The number of aromatic nitrogens is 2. The highest BCUT2D eigenvalue weighted by Gasteiger charge is 2.35. The van der Waals surface area contributed by atoms with Crippen molar-refractivity contribution in [3.05, 3.63) is 18.1 Å². The van der Waals surface area contributed by atoms with Gasteiger partial charge in [0.05, 0.1) is 5.92 Å². The van der Waals surface area contributed by atoms with Crippen LogP contribution in [0.2, 0.25) is 0 Å². The minimum absolute atomic E-state index is 0.222. The van der Waals surface area contributed by atoms with Gasteiger partial charge in [-0.2, -0.15) is 0 Å². The van der Waals surface area contributed by atoms with Crippen molar-refractivity contribution in [2.75, 3.05) is 18.0 Å². The molecule has 1 N–H and O–H groups in total. The fourth-order valence-corrected chi connectivity index (χ4v) is 2.07. The van der Waals surface area contributed by atoms with Gasteiger partial charge >= 0.3 is 5.97 Å². The highest BCUT2D eigenvalue weighted by molar-refractivity contribution is 5.70. The maximum absolute atomic E-state index is 10.9. The van der Waals surface area contributed by atoms with Gasteiger partial charge in [-0.25, -0.2) is 9.97 Å². The van der Waals surface area contributed by atoms with Crippen LogP contribution in [0.3, 0.4) is 0 Å². The highest BCUT2D eigenvalue weighted by Crippen LogP contribution is 2.29. The summed E-state index contributed by atoms with van der Waals surface area (Å²) in [4.78, 5) is 21.5. The molecule has 5 heteroatoms. The summed E-state index contributed by atoms with van der Waals surface area (Å²) >= 11 is 0. The van der Waals surface area contributed by atoms with Crippen LogP contribution in [0.25, 0.3) is 0 Å². The number of carboxylic acids is 1. The van der Waals surface area contributed by atoms with Gasteiger partial charge in [0.15, 0.2) is 0 Å². The Balaban J connectivity index is 2.00. The van der Waals surface area contributed by atoms with Crippen molar-refractivity contribution in [1.82, 2.24) is 9.97 Å². The molecule has 0 aromatic carbocycles. The van der Waals surface area contributed by atoms with Crippen molar-refractivity contribution < 1.29 is 9.90 Å². The normalized spacial score (nSPS) is 17.7. The Hall–Kier alpha value is -1.65. The molecular formula is C13H19N3O2. The molecule has 1 aliphatic rings. The van der Waals surface area contributed by atoms with Crippen LogP contribution in [0.15, 0.2) is 12.4 Å². The van der Waals surface area contributed by atoms with Gasteiger partial charge in [-0.05, 0) is 5.92 Å². The third-order valence-electron chi connectivity index (χ3n) is 3.60. The van der Waals surface area contributed by atoms with E-state index in [1.165, 1.54) is 0 Å². The second-order valence-electron chi connectivity index (χ2n) is 5.25. The Labute approximate surface area is 107 Å². The number of hydrogen-bond acceptors (Lipinski definition) is 4. The van der Waals surface area contributed by atoms with E-state index in [-0.39, 0.29) is 11.8 Å². The Kier molecular flexibility index (Phi) is 3.50. The zero-order valence-corrected chi connectivity index (χ0v) is 11.0. The summed E-state index contributed by atoms with van der Waals surface area (Å²) < 4.78 is 0. The molecule has 2 heterocycles. The zero-order chi connectivity index (χ0) is 13.3. The van der Waals surface area contributed by atoms with E-state index < -0.39 is 5.97 Å². The zero-order valence-electron chi connectivity index (χ0n) is 11.0. The lowest BCUT2D eigenvalue weighted by atomic mass is 9.87. The molecule has 1 fully saturated rings. The summed E-state index contributed by atoms with van der Waals surface area (Å²) in [7, 11) is 0. The highest BCUT2D eigenvalue weighted by atomic mass is 16.4. The van der Waals surface area contributed by atoms with Crippen LogP contribution >= 0.6 is 0 Å². The van der Waals surface area contributed by atoms with Gasteiger partial charge < -0.3 is 10.0 Å². The average Bonchev–Trinajstić information content (AvgIpc) is 2.27.